The Labute approximate surface area is 225 Å². The number of esters is 1. The van der Waals surface area contributed by atoms with Gasteiger partial charge in [0.05, 0.1) is 7.11 Å². The molecule has 1 aliphatic rings. The Bertz CT molecular complexity index is 1610. The molecular weight excluding hydrogens is 504 g/mol. The number of nitrogens with one attached hydrogen (secondary N) is 1. The van der Waals surface area contributed by atoms with Crippen LogP contribution in [0.15, 0.2) is 65.2 Å². The van der Waals surface area contributed by atoms with Gasteiger partial charge in [-0.05, 0) is 61.7 Å². The maximum Gasteiger partial charge on any atom is 0.412 e. The molecule has 1 aromatic heterocycles. The lowest BCUT2D eigenvalue weighted by Gasteiger charge is -2.15. The van der Waals surface area contributed by atoms with E-state index < -0.39 is 17.6 Å². The van der Waals surface area contributed by atoms with Crippen LogP contribution < -0.4 is 5.32 Å². The lowest BCUT2D eigenvalue weighted by molar-refractivity contribution is -0.144. The monoisotopic (exact) mass is 528 g/mol. The number of hydrogen-bond donors (Lipinski definition) is 1. The van der Waals surface area contributed by atoms with Crippen molar-refractivity contribution in [1.82, 2.24) is 5.16 Å². The number of ether oxygens (including phenoxy) is 2. The Morgan fingerprint density at radius 2 is 1.84 bits per heavy atom. The van der Waals surface area contributed by atoms with Crippen LogP contribution in [0, 0.1) is 24.2 Å². The lowest BCUT2D eigenvalue weighted by atomic mass is 10.0. The summed E-state index contributed by atoms with van der Waals surface area (Å²) in [5, 5.41) is 9.27. The van der Waals surface area contributed by atoms with Crippen molar-refractivity contribution >= 4 is 40.1 Å². The number of rotatable bonds is 5. The molecule has 1 saturated carbocycles. The van der Waals surface area contributed by atoms with Crippen LogP contribution in [-0.4, -0.2) is 24.3 Å². The van der Waals surface area contributed by atoms with Crippen LogP contribution in [0.5, 0.6) is 0 Å². The van der Waals surface area contributed by atoms with Gasteiger partial charge in [-0.1, -0.05) is 65.0 Å². The van der Waals surface area contributed by atoms with E-state index in [1.54, 1.807) is 19.9 Å². The van der Waals surface area contributed by atoms with Gasteiger partial charge in [-0.25, -0.2) is 4.79 Å². The quantitative estimate of drug-likeness (QED) is 0.220. The smallest absolute Gasteiger partial charge is 0.412 e. The minimum atomic E-state index is -0.659. The molecule has 3 aromatic carbocycles. The minimum Gasteiger partial charge on any atom is -0.468 e. The Kier molecular flexibility index (Phi) is 6.83. The fourth-order valence-corrected chi connectivity index (χ4v) is 4.52. The third-order valence-electron chi connectivity index (χ3n) is 6.59. The predicted octanol–water partition coefficient (Wildman–Crippen LogP) is 7.07. The molecule has 1 aliphatic carbocycles. The van der Waals surface area contributed by atoms with Crippen LogP contribution in [0.4, 0.5) is 10.5 Å². The van der Waals surface area contributed by atoms with Crippen molar-refractivity contribution in [2.75, 3.05) is 12.4 Å². The van der Waals surface area contributed by atoms with Gasteiger partial charge in [-0.3, -0.25) is 10.1 Å². The van der Waals surface area contributed by atoms with Crippen molar-refractivity contribution in [3.8, 4) is 23.2 Å². The second-order valence-electron chi connectivity index (χ2n) is 9.27. The first kappa shape index (κ1) is 25.4. The van der Waals surface area contributed by atoms with Crippen LogP contribution in [0.25, 0.3) is 22.1 Å². The first-order valence-electron chi connectivity index (χ1n) is 12.1. The van der Waals surface area contributed by atoms with Crippen molar-refractivity contribution in [2.24, 2.45) is 5.41 Å². The summed E-state index contributed by atoms with van der Waals surface area (Å²) < 4.78 is 16.0. The first-order chi connectivity index (χ1) is 18.3. The second kappa shape index (κ2) is 10.2. The largest absolute Gasteiger partial charge is 0.468 e. The maximum absolute atomic E-state index is 12.7. The molecule has 38 heavy (non-hydrogen) atoms. The second-order valence-corrected chi connectivity index (χ2v) is 9.67. The average molecular weight is 529 g/mol. The van der Waals surface area contributed by atoms with Gasteiger partial charge in [0.25, 0.3) is 0 Å². The van der Waals surface area contributed by atoms with Crippen LogP contribution in [-0.2, 0) is 14.3 Å². The van der Waals surface area contributed by atoms with Gasteiger partial charge >= 0.3 is 12.1 Å². The molecule has 1 heterocycles. The minimum absolute atomic E-state index is 0.274. The van der Waals surface area contributed by atoms with Gasteiger partial charge in [0.1, 0.15) is 22.9 Å². The number of carbonyl (C=O) groups is 2. The third-order valence-corrected chi connectivity index (χ3v) is 6.94. The molecule has 0 unspecified atom stereocenters. The normalized spacial score (nSPS) is 14.2. The van der Waals surface area contributed by atoms with Crippen LogP contribution in [0.3, 0.4) is 0 Å². The molecule has 1 amide bonds. The number of aryl methyl sites for hydroxylation is 1. The van der Waals surface area contributed by atoms with Gasteiger partial charge in [0, 0.05) is 21.7 Å². The number of anilines is 1. The molecule has 0 spiro atoms. The highest BCUT2D eigenvalue weighted by atomic mass is 35.5. The molecule has 5 rings (SSSR count). The number of benzene rings is 3. The van der Waals surface area contributed by atoms with Crippen molar-refractivity contribution in [3.05, 3.63) is 82.5 Å². The van der Waals surface area contributed by atoms with Gasteiger partial charge < -0.3 is 14.0 Å². The fourth-order valence-electron chi connectivity index (χ4n) is 4.23. The zero-order valence-corrected chi connectivity index (χ0v) is 21.9. The van der Waals surface area contributed by atoms with E-state index in [0.717, 1.165) is 34.7 Å². The Morgan fingerprint density at radius 3 is 2.58 bits per heavy atom. The Balaban J connectivity index is 1.35. The zero-order valence-electron chi connectivity index (χ0n) is 21.1. The van der Waals surface area contributed by atoms with E-state index in [4.69, 9.17) is 25.6 Å². The molecule has 8 heteroatoms. The van der Waals surface area contributed by atoms with Crippen molar-refractivity contribution in [3.63, 3.8) is 0 Å². The Hall–Kier alpha value is -4.28. The molecule has 192 valence electrons. The molecule has 1 N–H and O–H groups in total. The summed E-state index contributed by atoms with van der Waals surface area (Å²) in [6.45, 7) is 3.50. The number of hydrogen-bond acceptors (Lipinski definition) is 6. The predicted molar refractivity (Wildman–Crippen MR) is 145 cm³/mol. The van der Waals surface area contributed by atoms with Gasteiger partial charge in [-0.2, -0.15) is 0 Å². The molecular formula is C30H25ClN2O5. The molecule has 1 atom stereocenters. The summed E-state index contributed by atoms with van der Waals surface area (Å²) in [4.78, 5) is 24.7. The number of methoxy groups -OCH3 is 1. The number of aromatic nitrogens is 1. The van der Waals surface area contributed by atoms with E-state index >= 15 is 0 Å². The molecule has 1 fully saturated rings. The summed E-state index contributed by atoms with van der Waals surface area (Å²) >= 11 is 6.23. The summed E-state index contributed by atoms with van der Waals surface area (Å²) in [7, 11) is 1.39. The topological polar surface area (TPSA) is 90.7 Å². The van der Waals surface area contributed by atoms with E-state index in [2.05, 4.69) is 22.3 Å². The number of fused-ring (bicyclic) bond motifs is 1. The third kappa shape index (κ3) is 5.09. The summed E-state index contributed by atoms with van der Waals surface area (Å²) in [5.74, 6) is 6.35. The van der Waals surface area contributed by atoms with E-state index in [9.17, 15) is 9.59 Å². The maximum atomic E-state index is 12.7. The number of amides is 1. The zero-order chi connectivity index (χ0) is 26.9. The molecule has 0 saturated heterocycles. The summed E-state index contributed by atoms with van der Waals surface area (Å²) in [6.07, 6.45) is 0.258. The summed E-state index contributed by atoms with van der Waals surface area (Å²) in [6, 6.07) is 18.8. The highest BCUT2D eigenvalue weighted by molar-refractivity contribution is 6.31. The van der Waals surface area contributed by atoms with Crippen molar-refractivity contribution < 1.29 is 23.6 Å². The lowest BCUT2D eigenvalue weighted by Crippen LogP contribution is -2.17. The van der Waals surface area contributed by atoms with Gasteiger partial charge in [0.2, 0.25) is 0 Å². The molecule has 4 aromatic rings. The molecule has 0 aliphatic heterocycles. The standard InChI is InChI=1S/C30H25ClN2O5/c1-18-26(32-29(35)37-19(2)24-6-4-5-7-25(24)31)27(38-33-18)23-11-10-21-16-20(8-9-22(21)17-23)12-13-30(14-15-30)28(34)36-3/h4-11,16-17,19H,14-15H2,1-3H3,(H,32,35)/t19-/m1/s1. The van der Waals surface area contributed by atoms with Gasteiger partial charge in [0.15, 0.2) is 5.76 Å². The van der Waals surface area contributed by atoms with Crippen molar-refractivity contribution in [1.29, 1.82) is 0 Å². The van der Waals surface area contributed by atoms with E-state index in [0.29, 0.717) is 27.7 Å². The molecule has 0 bridgehead atoms. The van der Waals surface area contributed by atoms with Gasteiger partial charge in [-0.15, -0.1) is 0 Å². The number of nitrogens with zero attached hydrogens (tertiary/aromatic N) is 1. The highest BCUT2D eigenvalue weighted by Crippen LogP contribution is 2.46. The van der Waals surface area contributed by atoms with E-state index in [1.165, 1.54) is 7.11 Å². The Morgan fingerprint density at radius 1 is 1.11 bits per heavy atom. The average Bonchev–Trinajstić information content (AvgIpc) is 3.63. The van der Waals surface area contributed by atoms with Crippen LogP contribution in [0.1, 0.15) is 42.7 Å². The fraction of sp³-hybridized carbons (Fsp3) is 0.233. The summed E-state index contributed by atoms with van der Waals surface area (Å²) in [5.41, 5.74) is 2.56. The first-order valence-corrected chi connectivity index (χ1v) is 12.5. The van der Waals surface area contributed by atoms with Crippen LogP contribution >= 0.6 is 11.6 Å². The van der Waals surface area contributed by atoms with Crippen molar-refractivity contribution in [2.45, 2.75) is 32.8 Å². The molecule has 7 nitrogen and oxygen atoms in total. The highest BCUT2D eigenvalue weighted by Gasteiger charge is 2.50. The van der Waals surface area contributed by atoms with Crippen LogP contribution in [0.2, 0.25) is 5.02 Å². The molecule has 0 radical (unpaired) electrons. The SMILES string of the molecule is COC(=O)C1(C#Cc2ccc3cc(-c4onc(C)c4NC(=O)O[C@H](C)c4ccccc4Cl)ccc3c2)CC1. The number of carbonyl (C=O) groups excluding carboxylic acids is 2. The van der Waals surface area contributed by atoms with E-state index in [1.807, 2.05) is 54.6 Å². The number of halogens is 1. The van der Waals surface area contributed by atoms with E-state index in [-0.39, 0.29) is 5.97 Å².